The highest BCUT2D eigenvalue weighted by Gasteiger charge is 2.33. The summed E-state index contributed by atoms with van der Waals surface area (Å²) in [5.74, 6) is 0.924. The van der Waals surface area contributed by atoms with Crippen molar-refractivity contribution in [2.24, 2.45) is 11.7 Å². The van der Waals surface area contributed by atoms with Gasteiger partial charge in [0.1, 0.15) is 0 Å². The fraction of sp³-hybridized carbons (Fsp3) is 0.647. The van der Waals surface area contributed by atoms with E-state index in [-0.39, 0.29) is 0 Å². The Labute approximate surface area is 130 Å². The molecule has 0 amide bonds. The highest BCUT2D eigenvalue weighted by Crippen LogP contribution is 2.40. The van der Waals surface area contributed by atoms with Gasteiger partial charge in [0.2, 0.25) is 0 Å². The fourth-order valence-corrected chi connectivity index (χ4v) is 4.68. The molecule has 1 aromatic carbocycles. The monoisotopic (exact) mass is 336 g/mol. The van der Waals surface area contributed by atoms with Crippen molar-refractivity contribution in [2.75, 3.05) is 18.0 Å². The quantitative estimate of drug-likeness (QED) is 0.896. The van der Waals surface area contributed by atoms with Gasteiger partial charge in [-0.2, -0.15) is 0 Å². The first kappa shape index (κ1) is 14.4. The van der Waals surface area contributed by atoms with Crippen LogP contribution in [0.2, 0.25) is 0 Å². The first-order chi connectivity index (χ1) is 9.79. The van der Waals surface area contributed by atoms with E-state index in [1.54, 1.807) is 0 Å². The van der Waals surface area contributed by atoms with Gasteiger partial charge in [-0.3, -0.25) is 0 Å². The average molecular weight is 337 g/mol. The number of anilines is 1. The fourth-order valence-electron chi connectivity index (χ4n) is 4.03. The highest BCUT2D eigenvalue weighted by atomic mass is 79.9. The van der Waals surface area contributed by atoms with Crippen molar-refractivity contribution < 1.29 is 0 Å². The topological polar surface area (TPSA) is 29.3 Å². The molecule has 3 rings (SSSR count). The molecule has 2 nitrogen and oxygen atoms in total. The lowest BCUT2D eigenvalue weighted by Crippen LogP contribution is -2.34. The number of halogens is 1. The Balaban J connectivity index is 1.80. The Hall–Kier alpha value is -0.540. The summed E-state index contributed by atoms with van der Waals surface area (Å²) >= 11 is 3.78. The Kier molecular flexibility index (Phi) is 4.67. The standard InChI is InChI=1S/C17H25BrN2/c18-15-12-13(9-10-19)7-8-17(15)20-11-3-6-16(20)14-4-1-2-5-14/h7-8,12,14,16H,1-6,9-11,19H2. The molecule has 0 radical (unpaired) electrons. The van der Waals surface area contributed by atoms with Crippen LogP contribution in [0.15, 0.2) is 22.7 Å². The van der Waals surface area contributed by atoms with E-state index in [0.717, 1.165) is 24.9 Å². The van der Waals surface area contributed by atoms with Crippen LogP contribution in [0, 0.1) is 5.92 Å². The van der Waals surface area contributed by atoms with E-state index in [1.165, 1.54) is 60.8 Å². The predicted octanol–water partition coefficient (Wildman–Crippen LogP) is 4.11. The van der Waals surface area contributed by atoms with Crippen LogP contribution in [-0.4, -0.2) is 19.1 Å². The van der Waals surface area contributed by atoms with Gasteiger partial charge < -0.3 is 10.6 Å². The van der Waals surface area contributed by atoms with Gasteiger partial charge in [-0.05, 0) is 78.2 Å². The molecule has 0 spiro atoms. The summed E-state index contributed by atoms with van der Waals surface area (Å²) in [5.41, 5.74) is 8.37. The summed E-state index contributed by atoms with van der Waals surface area (Å²) < 4.78 is 1.24. The molecule has 1 saturated carbocycles. The number of hydrogen-bond acceptors (Lipinski definition) is 2. The first-order valence-electron chi connectivity index (χ1n) is 8.04. The molecule has 1 aromatic rings. The van der Waals surface area contributed by atoms with E-state index in [0.29, 0.717) is 0 Å². The Bertz CT molecular complexity index is 454. The Morgan fingerprint density at radius 3 is 2.65 bits per heavy atom. The normalized spacial score (nSPS) is 23.7. The van der Waals surface area contributed by atoms with Crippen molar-refractivity contribution in [2.45, 2.75) is 51.0 Å². The number of hydrogen-bond donors (Lipinski definition) is 1. The minimum Gasteiger partial charge on any atom is -0.367 e. The average Bonchev–Trinajstić information content (AvgIpc) is 3.10. The summed E-state index contributed by atoms with van der Waals surface area (Å²) in [6.45, 7) is 1.94. The van der Waals surface area contributed by atoms with E-state index >= 15 is 0 Å². The van der Waals surface area contributed by atoms with Gasteiger partial charge in [0.25, 0.3) is 0 Å². The van der Waals surface area contributed by atoms with Crippen molar-refractivity contribution in [3.8, 4) is 0 Å². The maximum atomic E-state index is 5.65. The molecule has 1 heterocycles. The van der Waals surface area contributed by atoms with E-state index in [4.69, 9.17) is 5.73 Å². The van der Waals surface area contributed by atoms with Gasteiger partial charge in [0, 0.05) is 17.1 Å². The van der Waals surface area contributed by atoms with Crippen LogP contribution < -0.4 is 10.6 Å². The summed E-state index contributed by atoms with van der Waals surface area (Å²) in [7, 11) is 0. The lowest BCUT2D eigenvalue weighted by atomic mass is 9.95. The van der Waals surface area contributed by atoms with E-state index in [1.807, 2.05) is 0 Å². The second kappa shape index (κ2) is 6.48. The van der Waals surface area contributed by atoms with Crippen LogP contribution in [0.5, 0.6) is 0 Å². The molecule has 20 heavy (non-hydrogen) atoms. The summed E-state index contributed by atoms with van der Waals surface area (Å²) in [4.78, 5) is 2.66. The van der Waals surface area contributed by atoms with E-state index in [9.17, 15) is 0 Å². The van der Waals surface area contributed by atoms with Crippen LogP contribution >= 0.6 is 15.9 Å². The molecule has 0 bridgehead atoms. The molecule has 0 aromatic heterocycles. The lowest BCUT2D eigenvalue weighted by molar-refractivity contribution is 0.430. The zero-order chi connectivity index (χ0) is 13.9. The molecular formula is C17H25BrN2. The third-order valence-corrected chi connectivity index (χ3v) is 5.63. The molecule has 1 unspecified atom stereocenters. The van der Waals surface area contributed by atoms with Crippen molar-refractivity contribution in [1.29, 1.82) is 0 Å². The largest absolute Gasteiger partial charge is 0.367 e. The minimum absolute atomic E-state index is 0.722. The van der Waals surface area contributed by atoms with E-state index < -0.39 is 0 Å². The maximum absolute atomic E-state index is 5.65. The van der Waals surface area contributed by atoms with Gasteiger partial charge in [-0.1, -0.05) is 18.9 Å². The van der Waals surface area contributed by atoms with Crippen molar-refractivity contribution in [3.63, 3.8) is 0 Å². The maximum Gasteiger partial charge on any atom is 0.0513 e. The third kappa shape index (κ3) is 2.89. The smallest absolute Gasteiger partial charge is 0.0513 e. The molecular weight excluding hydrogens is 312 g/mol. The van der Waals surface area contributed by atoms with Gasteiger partial charge in [0.05, 0.1) is 5.69 Å². The number of benzene rings is 1. The van der Waals surface area contributed by atoms with Crippen LogP contribution in [0.4, 0.5) is 5.69 Å². The number of rotatable bonds is 4. The van der Waals surface area contributed by atoms with Gasteiger partial charge in [-0.15, -0.1) is 0 Å². The molecule has 1 saturated heterocycles. The zero-order valence-corrected chi connectivity index (χ0v) is 13.7. The molecule has 3 heteroatoms. The Morgan fingerprint density at radius 2 is 1.95 bits per heavy atom. The lowest BCUT2D eigenvalue weighted by Gasteiger charge is -2.32. The summed E-state index contributed by atoms with van der Waals surface area (Å²) in [6, 6.07) is 7.57. The van der Waals surface area contributed by atoms with E-state index in [2.05, 4.69) is 39.0 Å². The van der Waals surface area contributed by atoms with Gasteiger partial charge in [0.15, 0.2) is 0 Å². The Morgan fingerprint density at radius 1 is 1.15 bits per heavy atom. The van der Waals surface area contributed by atoms with Crippen molar-refractivity contribution in [3.05, 3.63) is 28.2 Å². The second-order valence-corrected chi connectivity index (χ2v) is 7.13. The number of nitrogens with two attached hydrogens (primary N) is 1. The van der Waals surface area contributed by atoms with Gasteiger partial charge >= 0.3 is 0 Å². The zero-order valence-electron chi connectivity index (χ0n) is 12.2. The van der Waals surface area contributed by atoms with Crippen LogP contribution in [0.3, 0.4) is 0 Å². The summed E-state index contributed by atoms with van der Waals surface area (Å²) in [5, 5.41) is 0. The predicted molar refractivity (Wildman–Crippen MR) is 89.2 cm³/mol. The molecule has 1 aliphatic carbocycles. The van der Waals surface area contributed by atoms with Crippen LogP contribution in [-0.2, 0) is 6.42 Å². The molecule has 2 aliphatic rings. The summed E-state index contributed by atoms with van der Waals surface area (Å²) in [6.07, 6.45) is 9.43. The second-order valence-electron chi connectivity index (χ2n) is 6.27. The number of nitrogens with zero attached hydrogens (tertiary/aromatic N) is 1. The van der Waals surface area contributed by atoms with Crippen LogP contribution in [0.25, 0.3) is 0 Å². The highest BCUT2D eigenvalue weighted by molar-refractivity contribution is 9.10. The van der Waals surface area contributed by atoms with Gasteiger partial charge in [-0.25, -0.2) is 0 Å². The first-order valence-corrected chi connectivity index (χ1v) is 8.84. The SMILES string of the molecule is NCCc1ccc(N2CCCC2C2CCCC2)c(Br)c1. The molecule has 110 valence electrons. The molecule has 1 atom stereocenters. The van der Waals surface area contributed by atoms with Crippen LogP contribution in [0.1, 0.15) is 44.1 Å². The molecule has 1 aliphatic heterocycles. The minimum atomic E-state index is 0.722. The third-order valence-electron chi connectivity index (χ3n) is 5.00. The molecule has 2 N–H and O–H groups in total. The molecule has 2 fully saturated rings. The van der Waals surface area contributed by atoms with Crippen molar-refractivity contribution in [1.82, 2.24) is 0 Å². The van der Waals surface area contributed by atoms with Crippen molar-refractivity contribution >= 4 is 21.6 Å².